The summed E-state index contributed by atoms with van der Waals surface area (Å²) in [5.41, 5.74) is 3.91. The van der Waals surface area contributed by atoms with Crippen LogP contribution in [0.25, 0.3) is 43.9 Å². The smallest absolute Gasteiger partial charge is 0.144 e. The number of rotatable bonds is 29. The molecule has 0 radical (unpaired) electrons. The van der Waals surface area contributed by atoms with E-state index in [9.17, 15) is 0 Å². The van der Waals surface area contributed by atoms with Crippen LogP contribution in [0.15, 0.2) is 142 Å². The summed E-state index contributed by atoms with van der Waals surface area (Å²) in [6.07, 6.45) is 17.9. The predicted molar refractivity (Wildman–Crippen MR) is 323 cm³/mol. The van der Waals surface area contributed by atoms with Gasteiger partial charge >= 0.3 is 0 Å². The Morgan fingerprint density at radius 1 is 0.352 bits per heavy atom. The van der Waals surface area contributed by atoms with Gasteiger partial charge in [0.25, 0.3) is 0 Å². The highest BCUT2D eigenvalue weighted by Crippen LogP contribution is 2.57. The lowest BCUT2D eigenvalue weighted by molar-refractivity contribution is 0.644. The molecule has 0 N–H and O–H groups in total. The first-order chi connectivity index (χ1) is 34.9. The van der Waals surface area contributed by atoms with Crippen LogP contribution in [0.2, 0.25) is 36.3 Å². The first kappa shape index (κ1) is 53.5. The lowest BCUT2D eigenvalue weighted by Gasteiger charge is -2.40. The quantitative estimate of drug-likeness (QED) is 0.0346. The molecule has 0 amide bonds. The lowest BCUT2D eigenvalue weighted by atomic mass is 10.1. The van der Waals surface area contributed by atoms with Crippen molar-refractivity contribution in [1.29, 1.82) is 0 Å². The van der Waals surface area contributed by atoms with Crippen LogP contribution in [-0.2, 0) is 0 Å². The monoisotopic (exact) mass is 1020 g/mol. The average Bonchev–Trinajstić information content (AvgIpc) is 4.00. The largest absolute Gasteiger partial charge is 0.455 e. The Kier molecular flexibility index (Phi) is 19.5. The van der Waals surface area contributed by atoms with Crippen molar-refractivity contribution in [1.82, 2.24) is 4.44 Å². The fourth-order valence-electron chi connectivity index (χ4n) is 11.8. The van der Waals surface area contributed by atoms with Gasteiger partial charge in [-0.1, -0.05) is 288 Å². The predicted octanol–water partition coefficient (Wildman–Crippen LogP) is 18.1. The van der Waals surface area contributed by atoms with Crippen LogP contribution in [-0.4, -0.2) is 27.1 Å². The van der Waals surface area contributed by atoms with Crippen molar-refractivity contribution in [2.24, 2.45) is 0 Å². The minimum Gasteiger partial charge on any atom is -0.455 e. The number of fused-ring (bicyclic) bond motifs is 6. The summed E-state index contributed by atoms with van der Waals surface area (Å²) in [4.78, 5) is 0. The molecule has 8 rings (SSSR count). The molecule has 71 heavy (non-hydrogen) atoms. The molecular formula is C64H85NO2P2Si2. The van der Waals surface area contributed by atoms with E-state index in [1.54, 1.807) is 10.4 Å². The minimum atomic E-state index is -1.73. The maximum Gasteiger partial charge on any atom is 0.144 e. The van der Waals surface area contributed by atoms with Gasteiger partial charge in [-0.2, -0.15) is 0 Å². The molecule has 2 aromatic heterocycles. The molecule has 6 aromatic carbocycles. The van der Waals surface area contributed by atoms with Crippen LogP contribution in [0.3, 0.4) is 0 Å². The van der Waals surface area contributed by atoms with Gasteiger partial charge < -0.3 is 8.83 Å². The van der Waals surface area contributed by atoms with Crippen molar-refractivity contribution in [3.05, 3.63) is 133 Å². The van der Waals surface area contributed by atoms with E-state index in [-0.39, 0.29) is 0 Å². The zero-order valence-electron chi connectivity index (χ0n) is 44.7. The van der Waals surface area contributed by atoms with Gasteiger partial charge in [0.2, 0.25) is 0 Å². The number of unbranched alkanes of at least 4 members (excludes halogenated alkanes) is 7. The Hall–Kier alpha value is -3.83. The van der Waals surface area contributed by atoms with E-state index in [2.05, 4.69) is 186 Å². The molecular weight excluding hydrogens is 933 g/mol. The molecule has 7 heteroatoms. The first-order valence-electron chi connectivity index (χ1n) is 28.3. The summed E-state index contributed by atoms with van der Waals surface area (Å²) < 4.78 is 17.1. The Morgan fingerprint density at radius 3 is 1.04 bits per heavy atom. The molecule has 0 fully saturated rings. The second kappa shape index (κ2) is 25.9. The van der Waals surface area contributed by atoms with Crippen molar-refractivity contribution >= 4 is 108 Å². The maximum absolute atomic E-state index is 7.08. The summed E-state index contributed by atoms with van der Waals surface area (Å²) in [7, 11) is -5.68. The van der Waals surface area contributed by atoms with Crippen LogP contribution < -0.4 is 31.6 Å². The molecule has 0 spiro atoms. The number of hydrogen-bond donors (Lipinski definition) is 0. The van der Waals surface area contributed by atoms with E-state index in [1.807, 2.05) is 0 Å². The highest BCUT2D eigenvalue weighted by molar-refractivity contribution is 7.85. The molecule has 0 saturated carbocycles. The van der Waals surface area contributed by atoms with Crippen LogP contribution in [0.1, 0.15) is 138 Å². The Labute approximate surface area is 433 Å². The zero-order valence-corrected chi connectivity index (χ0v) is 48.5. The number of hydrogen-bond acceptors (Lipinski definition) is 3. The average molecular weight is 1020 g/mol. The van der Waals surface area contributed by atoms with E-state index in [4.69, 9.17) is 8.83 Å². The standard InChI is InChI=1S/C64H85NO2P2Si2/c1-8-15-44-65(69(61-34-26-30-57-55-28-22-24-32-59(55)66-63(57)61)62-35-27-31-58-56-29-23-25-33-60(56)67-64(58)62)68(51-36-40-53(41-37-51)70(45-16-9-2,46-17-10-3)47-18-11-4)52-38-42-54(43-39-52)71(48-19-12-5,49-20-13-6)50-21-14-7/h22-43H,8-21,44-50H2,1-7H3. The summed E-state index contributed by atoms with van der Waals surface area (Å²) in [6, 6.07) is 60.8. The molecule has 2 heterocycles. The van der Waals surface area contributed by atoms with E-state index in [0.29, 0.717) is 0 Å². The number of benzene rings is 6. The normalized spacial score (nSPS) is 12.6. The third kappa shape index (κ3) is 11.8. The van der Waals surface area contributed by atoms with Crippen molar-refractivity contribution in [3.8, 4) is 0 Å². The van der Waals surface area contributed by atoms with Crippen LogP contribution in [0.5, 0.6) is 0 Å². The maximum atomic E-state index is 7.08. The third-order valence-electron chi connectivity index (χ3n) is 15.9. The van der Waals surface area contributed by atoms with Crippen molar-refractivity contribution in [2.45, 2.75) is 175 Å². The molecule has 0 unspecified atom stereocenters. The Morgan fingerprint density at radius 2 is 0.690 bits per heavy atom. The summed E-state index contributed by atoms with van der Waals surface area (Å²) in [5.74, 6) is 0. The summed E-state index contributed by atoms with van der Waals surface area (Å²) in [6.45, 7) is 17.7. The molecule has 3 nitrogen and oxygen atoms in total. The minimum absolute atomic E-state index is 0.948. The van der Waals surface area contributed by atoms with Crippen LogP contribution in [0, 0.1) is 0 Å². The molecule has 0 bridgehead atoms. The second-order valence-corrected chi connectivity index (χ2v) is 34.7. The van der Waals surface area contributed by atoms with Crippen LogP contribution >= 0.6 is 16.1 Å². The van der Waals surface area contributed by atoms with Gasteiger partial charge in [-0.05, 0) is 41.3 Å². The third-order valence-corrected chi connectivity index (χ3v) is 32.5. The molecule has 8 aromatic rings. The van der Waals surface area contributed by atoms with Gasteiger partial charge in [0.05, 0.1) is 16.1 Å². The molecule has 376 valence electrons. The second-order valence-electron chi connectivity index (χ2n) is 20.9. The highest BCUT2D eigenvalue weighted by Gasteiger charge is 2.38. The first-order valence-corrected chi connectivity index (χ1v) is 36.1. The SMILES string of the molecule is CCCCN(P(c1ccc([Si](CCCC)(CCCC)CCCC)cc1)c1ccc([Si](CCCC)(CCCC)CCCC)cc1)P(c1cccc2c1oc1ccccc12)c1cccc2c1oc1ccccc12. The van der Waals surface area contributed by atoms with E-state index in [1.165, 1.54) is 156 Å². The van der Waals surface area contributed by atoms with Crippen molar-refractivity contribution in [3.63, 3.8) is 0 Å². The zero-order chi connectivity index (χ0) is 49.6. The van der Waals surface area contributed by atoms with Crippen molar-refractivity contribution in [2.75, 3.05) is 6.54 Å². The highest BCUT2D eigenvalue weighted by atomic mass is 31.2. The van der Waals surface area contributed by atoms with Crippen LogP contribution in [0.4, 0.5) is 0 Å². The summed E-state index contributed by atoms with van der Waals surface area (Å²) in [5, 5.41) is 13.6. The van der Waals surface area contributed by atoms with Gasteiger partial charge in [0.1, 0.15) is 22.3 Å². The Bertz CT molecular complexity index is 2650. The van der Waals surface area contributed by atoms with E-state index >= 15 is 0 Å². The molecule has 0 aliphatic rings. The van der Waals surface area contributed by atoms with Gasteiger partial charge in [-0.25, -0.2) is 4.44 Å². The molecule has 0 saturated heterocycles. The van der Waals surface area contributed by atoms with Gasteiger partial charge in [-0.3, -0.25) is 0 Å². The number of furan rings is 2. The molecule has 0 aliphatic heterocycles. The molecule has 0 aliphatic carbocycles. The Balaban J connectivity index is 1.39. The fourth-order valence-corrected chi connectivity index (χ4v) is 29.2. The van der Waals surface area contributed by atoms with Gasteiger partial charge in [0.15, 0.2) is 0 Å². The van der Waals surface area contributed by atoms with E-state index < -0.39 is 32.3 Å². The van der Waals surface area contributed by atoms with Gasteiger partial charge in [-0.15, -0.1) is 0 Å². The summed E-state index contributed by atoms with van der Waals surface area (Å²) >= 11 is 0. The van der Waals surface area contributed by atoms with Crippen molar-refractivity contribution < 1.29 is 8.83 Å². The topological polar surface area (TPSA) is 29.5 Å². The molecule has 0 atom stereocenters. The fraction of sp³-hybridized carbons (Fsp3) is 0.438. The number of nitrogens with zero attached hydrogens (tertiary/aromatic N) is 1. The van der Waals surface area contributed by atoms with Gasteiger partial charge in [0, 0.05) is 54.8 Å². The lowest BCUT2D eigenvalue weighted by Crippen LogP contribution is -2.48. The van der Waals surface area contributed by atoms with E-state index in [0.717, 1.165) is 41.7 Å². The number of para-hydroxylation sites is 4.